The Hall–Kier alpha value is -1.47. The maximum Gasteiger partial charge on any atom is 0.243 e. The summed E-state index contributed by atoms with van der Waals surface area (Å²) in [6.07, 6.45) is 3.28. The summed E-state index contributed by atoms with van der Waals surface area (Å²) in [5.41, 5.74) is 6.98. The summed E-state index contributed by atoms with van der Waals surface area (Å²) in [4.78, 5) is 4.16. The molecule has 0 aliphatic heterocycles. The average molecular weight is 326 g/mol. The summed E-state index contributed by atoms with van der Waals surface area (Å²) in [6.45, 7) is 0.436. The predicted octanol–water partition coefficient (Wildman–Crippen LogP) is 2.01. The van der Waals surface area contributed by atoms with E-state index in [0.29, 0.717) is 10.6 Å². The quantitative estimate of drug-likeness (QED) is 0.912. The van der Waals surface area contributed by atoms with Crippen molar-refractivity contribution in [1.82, 2.24) is 9.29 Å². The van der Waals surface area contributed by atoms with Crippen LogP contribution < -0.4 is 5.73 Å². The van der Waals surface area contributed by atoms with Crippen molar-refractivity contribution in [3.63, 3.8) is 0 Å². The predicted molar refractivity (Wildman–Crippen MR) is 82.2 cm³/mol. The minimum atomic E-state index is -3.60. The number of nitrogens with zero attached hydrogens (tertiary/aromatic N) is 2. The van der Waals surface area contributed by atoms with Gasteiger partial charge in [0.05, 0.1) is 4.90 Å². The fourth-order valence-corrected chi connectivity index (χ4v) is 3.29. The Morgan fingerprint density at radius 2 is 2.10 bits per heavy atom. The number of sulfonamides is 1. The molecule has 1 aromatic heterocycles. The molecule has 1 heterocycles. The van der Waals surface area contributed by atoms with Crippen LogP contribution in [0.4, 0.5) is 0 Å². The Labute approximate surface area is 129 Å². The highest BCUT2D eigenvalue weighted by Gasteiger charge is 2.21. The van der Waals surface area contributed by atoms with Crippen LogP contribution in [-0.4, -0.2) is 24.8 Å². The third kappa shape index (κ3) is 3.59. The van der Waals surface area contributed by atoms with E-state index in [1.165, 1.54) is 23.5 Å². The molecule has 0 radical (unpaired) electrons. The van der Waals surface area contributed by atoms with Crippen LogP contribution in [0.1, 0.15) is 11.1 Å². The summed E-state index contributed by atoms with van der Waals surface area (Å²) in [5.74, 6) is 0. The van der Waals surface area contributed by atoms with E-state index in [-0.39, 0.29) is 18.0 Å². The first-order chi connectivity index (χ1) is 9.95. The minimum absolute atomic E-state index is 0.179. The van der Waals surface area contributed by atoms with Crippen molar-refractivity contribution in [2.45, 2.75) is 18.0 Å². The minimum Gasteiger partial charge on any atom is -0.326 e. The fraction of sp³-hybridized carbons (Fsp3) is 0.214. The second kappa shape index (κ2) is 6.53. The van der Waals surface area contributed by atoms with Gasteiger partial charge in [0, 0.05) is 37.6 Å². The molecule has 2 N–H and O–H groups in total. The van der Waals surface area contributed by atoms with Crippen LogP contribution in [-0.2, 0) is 23.1 Å². The van der Waals surface area contributed by atoms with Gasteiger partial charge in [-0.25, -0.2) is 8.42 Å². The molecule has 7 heteroatoms. The number of hydrogen-bond donors (Lipinski definition) is 1. The van der Waals surface area contributed by atoms with E-state index >= 15 is 0 Å². The standard InChI is InChI=1S/C14H16ClN3O2S/c1-18(10-11-3-2-6-17-9-11)21(19,20)13-4-5-14(15)12(7-13)8-16/h2-7,9H,8,10,16H2,1H3. The molecular weight excluding hydrogens is 310 g/mol. The van der Waals surface area contributed by atoms with Gasteiger partial charge in [0.1, 0.15) is 0 Å². The Morgan fingerprint density at radius 1 is 1.33 bits per heavy atom. The fourth-order valence-electron chi connectivity index (χ4n) is 1.88. The van der Waals surface area contributed by atoms with E-state index in [2.05, 4.69) is 4.98 Å². The van der Waals surface area contributed by atoms with Gasteiger partial charge in [-0.1, -0.05) is 17.7 Å². The summed E-state index contributed by atoms with van der Waals surface area (Å²) < 4.78 is 26.3. The maximum atomic E-state index is 12.5. The number of halogens is 1. The monoisotopic (exact) mass is 325 g/mol. The number of pyridine rings is 1. The Kier molecular flexibility index (Phi) is 4.95. The molecule has 0 spiro atoms. The third-order valence-electron chi connectivity index (χ3n) is 3.07. The molecule has 21 heavy (non-hydrogen) atoms. The van der Waals surface area contributed by atoms with Gasteiger partial charge in [-0.2, -0.15) is 4.31 Å². The topological polar surface area (TPSA) is 76.3 Å². The summed E-state index contributed by atoms with van der Waals surface area (Å²) in [7, 11) is -2.07. The van der Waals surface area contributed by atoms with E-state index < -0.39 is 10.0 Å². The van der Waals surface area contributed by atoms with Crippen LogP contribution >= 0.6 is 11.6 Å². The van der Waals surface area contributed by atoms with Gasteiger partial charge in [0.2, 0.25) is 10.0 Å². The summed E-state index contributed by atoms with van der Waals surface area (Å²) in [6, 6.07) is 8.14. The molecule has 0 saturated heterocycles. The number of rotatable bonds is 5. The number of hydrogen-bond acceptors (Lipinski definition) is 4. The lowest BCUT2D eigenvalue weighted by molar-refractivity contribution is 0.466. The molecule has 0 bridgehead atoms. The zero-order valence-corrected chi connectivity index (χ0v) is 13.1. The number of nitrogens with two attached hydrogens (primary N) is 1. The first-order valence-electron chi connectivity index (χ1n) is 6.29. The molecule has 0 aliphatic carbocycles. The first-order valence-corrected chi connectivity index (χ1v) is 8.10. The molecule has 5 nitrogen and oxygen atoms in total. The van der Waals surface area contributed by atoms with E-state index in [1.807, 2.05) is 6.07 Å². The van der Waals surface area contributed by atoms with E-state index in [4.69, 9.17) is 17.3 Å². The molecule has 112 valence electrons. The van der Waals surface area contributed by atoms with Gasteiger partial charge in [0.25, 0.3) is 0 Å². The molecule has 0 amide bonds. The molecule has 0 unspecified atom stereocenters. The van der Waals surface area contributed by atoms with Crippen LogP contribution in [0.15, 0.2) is 47.6 Å². The van der Waals surface area contributed by atoms with Crippen molar-refractivity contribution in [2.75, 3.05) is 7.05 Å². The van der Waals surface area contributed by atoms with Crippen molar-refractivity contribution >= 4 is 21.6 Å². The lowest BCUT2D eigenvalue weighted by Gasteiger charge is -2.17. The van der Waals surface area contributed by atoms with Gasteiger partial charge in [0.15, 0.2) is 0 Å². The second-order valence-electron chi connectivity index (χ2n) is 4.58. The molecule has 1 aromatic carbocycles. The molecule has 0 atom stereocenters. The molecule has 0 aliphatic rings. The van der Waals surface area contributed by atoms with Crippen LogP contribution in [0.25, 0.3) is 0 Å². The van der Waals surface area contributed by atoms with Crippen molar-refractivity contribution in [1.29, 1.82) is 0 Å². The Balaban J connectivity index is 2.29. The van der Waals surface area contributed by atoms with Crippen molar-refractivity contribution in [2.24, 2.45) is 5.73 Å². The van der Waals surface area contributed by atoms with Gasteiger partial charge >= 0.3 is 0 Å². The van der Waals surface area contributed by atoms with Gasteiger partial charge in [-0.15, -0.1) is 0 Å². The lowest BCUT2D eigenvalue weighted by atomic mass is 10.2. The Morgan fingerprint density at radius 3 is 2.71 bits per heavy atom. The van der Waals surface area contributed by atoms with Crippen molar-refractivity contribution in [3.8, 4) is 0 Å². The normalized spacial score (nSPS) is 11.8. The second-order valence-corrected chi connectivity index (χ2v) is 7.03. The molecule has 2 rings (SSSR count). The van der Waals surface area contributed by atoms with Crippen molar-refractivity contribution < 1.29 is 8.42 Å². The highest BCUT2D eigenvalue weighted by molar-refractivity contribution is 7.89. The third-order valence-corrected chi connectivity index (χ3v) is 5.24. The maximum absolute atomic E-state index is 12.5. The zero-order chi connectivity index (χ0) is 15.5. The Bertz CT molecular complexity index is 720. The summed E-state index contributed by atoms with van der Waals surface area (Å²) in [5, 5.41) is 0.464. The largest absolute Gasteiger partial charge is 0.326 e. The van der Waals surface area contributed by atoms with Crippen molar-refractivity contribution in [3.05, 3.63) is 58.9 Å². The van der Waals surface area contributed by atoms with Gasteiger partial charge in [-0.05, 0) is 35.4 Å². The lowest BCUT2D eigenvalue weighted by Crippen LogP contribution is -2.26. The molecule has 0 fully saturated rings. The van der Waals surface area contributed by atoms with Gasteiger partial charge in [-0.3, -0.25) is 4.98 Å². The number of aromatic nitrogens is 1. The molecule has 2 aromatic rings. The van der Waals surface area contributed by atoms with E-state index in [1.54, 1.807) is 24.5 Å². The molecular formula is C14H16ClN3O2S. The highest BCUT2D eigenvalue weighted by Crippen LogP contribution is 2.22. The molecule has 0 saturated carbocycles. The van der Waals surface area contributed by atoms with Crippen LogP contribution in [0.3, 0.4) is 0 Å². The van der Waals surface area contributed by atoms with Crippen LogP contribution in [0, 0.1) is 0 Å². The zero-order valence-electron chi connectivity index (χ0n) is 11.5. The smallest absolute Gasteiger partial charge is 0.243 e. The summed E-state index contributed by atoms with van der Waals surface area (Å²) >= 11 is 5.96. The van der Waals surface area contributed by atoms with Crippen LogP contribution in [0.5, 0.6) is 0 Å². The van der Waals surface area contributed by atoms with Crippen LogP contribution in [0.2, 0.25) is 5.02 Å². The first kappa shape index (κ1) is 15.9. The SMILES string of the molecule is CN(Cc1cccnc1)S(=O)(=O)c1ccc(Cl)c(CN)c1. The van der Waals surface area contributed by atoms with E-state index in [9.17, 15) is 8.42 Å². The highest BCUT2D eigenvalue weighted by atomic mass is 35.5. The van der Waals surface area contributed by atoms with Gasteiger partial charge < -0.3 is 5.73 Å². The van der Waals surface area contributed by atoms with E-state index in [0.717, 1.165) is 5.56 Å². The number of benzene rings is 1. The average Bonchev–Trinajstić information content (AvgIpc) is 2.48.